The van der Waals surface area contributed by atoms with Gasteiger partial charge in [0.15, 0.2) is 0 Å². The number of hydrogen-bond acceptors (Lipinski definition) is 6. The Hall–Kier alpha value is -3.84. The summed E-state index contributed by atoms with van der Waals surface area (Å²) in [6.45, 7) is 6.23. The monoisotopic (exact) mass is 467 g/mol. The largest absolute Gasteiger partial charge is 0.379 e. The smallest absolute Gasteiger partial charge is 0.254 e. The quantitative estimate of drug-likeness (QED) is 0.458. The third-order valence-electron chi connectivity index (χ3n) is 6.16. The SMILES string of the molecule is Cc1cc(Nc2cccc(C(=O)N3CCOC[C@H](Cc4ccc5ncccc5c4)C3)c2)nc(C)n1. The molecular formula is C28H29N5O2. The van der Waals surface area contributed by atoms with Gasteiger partial charge in [0.1, 0.15) is 11.6 Å². The number of hydrogen-bond donors (Lipinski definition) is 1. The van der Waals surface area contributed by atoms with E-state index in [1.54, 1.807) is 0 Å². The first-order valence-electron chi connectivity index (χ1n) is 11.9. The van der Waals surface area contributed by atoms with Crippen LogP contribution in [0.15, 0.2) is 66.9 Å². The average molecular weight is 468 g/mol. The lowest BCUT2D eigenvalue weighted by molar-refractivity contribution is 0.0737. The van der Waals surface area contributed by atoms with E-state index in [4.69, 9.17) is 4.74 Å². The van der Waals surface area contributed by atoms with Gasteiger partial charge in [0.05, 0.1) is 18.7 Å². The van der Waals surface area contributed by atoms with E-state index in [-0.39, 0.29) is 11.8 Å². The number of ether oxygens (including phenoxy) is 1. The number of carbonyl (C=O) groups excluding carboxylic acids is 1. The van der Waals surface area contributed by atoms with Crippen LogP contribution in [-0.2, 0) is 11.2 Å². The second-order valence-electron chi connectivity index (χ2n) is 9.07. The Labute approximate surface area is 205 Å². The van der Waals surface area contributed by atoms with Crippen molar-refractivity contribution in [3.05, 3.63) is 89.5 Å². The second-order valence-corrected chi connectivity index (χ2v) is 9.07. The predicted octanol–water partition coefficient (Wildman–Crippen LogP) is 4.72. The topological polar surface area (TPSA) is 80.2 Å². The molecule has 2 aromatic carbocycles. The minimum atomic E-state index is 0.0157. The number of anilines is 2. The van der Waals surface area contributed by atoms with Gasteiger partial charge in [-0.1, -0.05) is 18.2 Å². The molecule has 3 heterocycles. The molecular weight excluding hydrogens is 438 g/mol. The molecule has 1 aliphatic rings. The van der Waals surface area contributed by atoms with Crippen molar-refractivity contribution in [1.29, 1.82) is 0 Å². The Morgan fingerprint density at radius 1 is 1.09 bits per heavy atom. The molecule has 1 aliphatic heterocycles. The van der Waals surface area contributed by atoms with Crippen molar-refractivity contribution in [3.63, 3.8) is 0 Å². The Bertz CT molecular complexity index is 1340. The van der Waals surface area contributed by atoms with E-state index in [9.17, 15) is 4.79 Å². The fourth-order valence-electron chi connectivity index (χ4n) is 4.62. The van der Waals surface area contributed by atoms with Crippen LogP contribution in [0.5, 0.6) is 0 Å². The molecule has 178 valence electrons. The van der Waals surface area contributed by atoms with E-state index in [1.165, 1.54) is 5.56 Å². The van der Waals surface area contributed by atoms with Crippen LogP contribution < -0.4 is 5.32 Å². The van der Waals surface area contributed by atoms with Crippen molar-refractivity contribution in [2.24, 2.45) is 5.92 Å². The van der Waals surface area contributed by atoms with Crippen LogP contribution in [0, 0.1) is 19.8 Å². The molecule has 0 aliphatic carbocycles. The second kappa shape index (κ2) is 10.2. The van der Waals surface area contributed by atoms with Gasteiger partial charge in [-0.05, 0) is 62.2 Å². The lowest BCUT2D eigenvalue weighted by Gasteiger charge is -2.24. The van der Waals surface area contributed by atoms with Crippen molar-refractivity contribution in [3.8, 4) is 0 Å². The molecule has 0 saturated carbocycles. The van der Waals surface area contributed by atoms with E-state index < -0.39 is 0 Å². The van der Waals surface area contributed by atoms with Gasteiger partial charge in [-0.2, -0.15) is 0 Å². The summed E-state index contributed by atoms with van der Waals surface area (Å²) in [6.07, 6.45) is 2.66. The zero-order chi connectivity index (χ0) is 24.2. The Morgan fingerprint density at radius 3 is 2.89 bits per heavy atom. The maximum atomic E-state index is 13.4. The number of rotatable bonds is 5. The Morgan fingerprint density at radius 2 is 2.00 bits per heavy atom. The molecule has 1 saturated heterocycles. The van der Waals surface area contributed by atoms with Crippen molar-refractivity contribution < 1.29 is 9.53 Å². The fraction of sp³-hybridized carbons (Fsp3) is 0.286. The molecule has 2 aromatic heterocycles. The van der Waals surface area contributed by atoms with E-state index >= 15 is 0 Å². The number of aryl methyl sites for hydroxylation is 2. The molecule has 0 unspecified atom stereocenters. The van der Waals surface area contributed by atoms with Crippen LogP contribution in [0.3, 0.4) is 0 Å². The standard InChI is InChI=1S/C28H29N5O2/c1-19-13-27(31-20(2)30-19)32-25-7-3-5-24(16-25)28(34)33-11-12-35-18-22(17-33)14-21-8-9-26-23(15-21)6-4-10-29-26/h3-10,13,15-16,22H,11-12,14,17-18H2,1-2H3,(H,30,31,32)/t22-/m1/s1. The molecule has 35 heavy (non-hydrogen) atoms. The average Bonchev–Trinajstić information content (AvgIpc) is 3.08. The molecule has 1 atom stereocenters. The van der Waals surface area contributed by atoms with Gasteiger partial charge in [0.2, 0.25) is 0 Å². The first-order valence-corrected chi connectivity index (χ1v) is 11.9. The summed E-state index contributed by atoms with van der Waals surface area (Å²) in [5, 5.41) is 4.43. The highest BCUT2D eigenvalue weighted by molar-refractivity contribution is 5.95. The van der Waals surface area contributed by atoms with Gasteiger partial charge in [0, 0.05) is 53.6 Å². The van der Waals surface area contributed by atoms with E-state index in [0.717, 1.165) is 28.7 Å². The lowest BCUT2D eigenvalue weighted by Crippen LogP contribution is -2.36. The summed E-state index contributed by atoms with van der Waals surface area (Å²) in [5.41, 5.74) is 4.59. The Kier molecular flexibility index (Phi) is 6.68. The number of fused-ring (bicyclic) bond motifs is 1. The fourth-order valence-corrected chi connectivity index (χ4v) is 4.62. The van der Waals surface area contributed by atoms with Crippen LogP contribution in [0.1, 0.15) is 27.4 Å². The van der Waals surface area contributed by atoms with E-state index in [2.05, 4.69) is 44.5 Å². The number of benzene rings is 2. The molecule has 0 bridgehead atoms. The summed E-state index contributed by atoms with van der Waals surface area (Å²) in [7, 11) is 0. The van der Waals surface area contributed by atoms with Crippen molar-refractivity contribution in [1.82, 2.24) is 19.9 Å². The molecule has 1 fully saturated rings. The van der Waals surface area contributed by atoms with Crippen LogP contribution in [-0.4, -0.2) is 52.1 Å². The molecule has 0 radical (unpaired) electrons. The zero-order valence-corrected chi connectivity index (χ0v) is 20.1. The van der Waals surface area contributed by atoms with Gasteiger partial charge in [0.25, 0.3) is 5.91 Å². The molecule has 5 rings (SSSR count). The third kappa shape index (κ3) is 5.63. The minimum Gasteiger partial charge on any atom is -0.379 e. The first-order chi connectivity index (χ1) is 17.0. The van der Waals surface area contributed by atoms with E-state index in [1.807, 2.05) is 61.3 Å². The van der Waals surface area contributed by atoms with Crippen molar-refractivity contribution >= 4 is 28.3 Å². The van der Waals surface area contributed by atoms with E-state index in [0.29, 0.717) is 43.5 Å². The van der Waals surface area contributed by atoms with Crippen LogP contribution >= 0.6 is 0 Å². The van der Waals surface area contributed by atoms with Crippen LogP contribution in [0.25, 0.3) is 10.9 Å². The van der Waals surface area contributed by atoms with Gasteiger partial charge in [-0.3, -0.25) is 9.78 Å². The minimum absolute atomic E-state index is 0.0157. The van der Waals surface area contributed by atoms with Gasteiger partial charge >= 0.3 is 0 Å². The number of nitrogens with one attached hydrogen (secondary N) is 1. The molecule has 0 spiro atoms. The zero-order valence-electron chi connectivity index (χ0n) is 20.1. The Balaban J connectivity index is 1.29. The highest BCUT2D eigenvalue weighted by Gasteiger charge is 2.24. The number of amides is 1. The molecule has 7 heteroatoms. The third-order valence-corrected chi connectivity index (χ3v) is 6.16. The maximum Gasteiger partial charge on any atom is 0.254 e. The first kappa shape index (κ1) is 22.9. The number of carbonyl (C=O) groups is 1. The summed E-state index contributed by atoms with van der Waals surface area (Å²) >= 11 is 0. The number of pyridine rings is 1. The van der Waals surface area contributed by atoms with Crippen molar-refractivity contribution in [2.75, 3.05) is 31.6 Å². The van der Waals surface area contributed by atoms with Crippen LogP contribution in [0.4, 0.5) is 11.5 Å². The van der Waals surface area contributed by atoms with Gasteiger partial charge < -0.3 is 15.0 Å². The summed E-state index contributed by atoms with van der Waals surface area (Å²) < 4.78 is 5.88. The molecule has 4 aromatic rings. The van der Waals surface area contributed by atoms with Gasteiger partial charge in [-0.15, -0.1) is 0 Å². The highest BCUT2D eigenvalue weighted by Crippen LogP contribution is 2.21. The summed E-state index contributed by atoms with van der Waals surface area (Å²) in [6, 6.07) is 19.9. The van der Waals surface area contributed by atoms with Crippen LogP contribution in [0.2, 0.25) is 0 Å². The molecule has 1 amide bonds. The highest BCUT2D eigenvalue weighted by atomic mass is 16.5. The summed E-state index contributed by atoms with van der Waals surface area (Å²) in [5.74, 6) is 1.66. The van der Waals surface area contributed by atoms with Gasteiger partial charge in [-0.25, -0.2) is 9.97 Å². The van der Waals surface area contributed by atoms with Crippen molar-refractivity contribution in [2.45, 2.75) is 20.3 Å². The number of aromatic nitrogens is 3. The normalized spacial score (nSPS) is 16.2. The number of nitrogens with zero attached hydrogens (tertiary/aromatic N) is 4. The maximum absolute atomic E-state index is 13.4. The lowest BCUT2D eigenvalue weighted by atomic mass is 9.98. The summed E-state index contributed by atoms with van der Waals surface area (Å²) in [4.78, 5) is 28.5. The molecule has 7 nitrogen and oxygen atoms in total. The predicted molar refractivity (Wildman–Crippen MR) is 137 cm³/mol. The molecule has 1 N–H and O–H groups in total.